The van der Waals surface area contributed by atoms with Gasteiger partial charge in [-0.05, 0) is 61.4 Å². The number of hydrogen-bond donors (Lipinski definition) is 1. The molecule has 8 nitrogen and oxygen atoms in total. The van der Waals surface area contributed by atoms with Crippen molar-refractivity contribution in [1.29, 1.82) is 0 Å². The number of aromatic nitrogens is 4. The largest absolute Gasteiger partial charge is 0.493 e. The van der Waals surface area contributed by atoms with Crippen molar-refractivity contribution < 1.29 is 14.3 Å². The van der Waals surface area contributed by atoms with Crippen LogP contribution in [0.5, 0.6) is 11.5 Å². The fourth-order valence-corrected chi connectivity index (χ4v) is 3.40. The Morgan fingerprint density at radius 2 is 2.00 bits per heavy atom. The van der Waals surface area contributed by atoms with Crippen LogP contribution in [0.3, 0.4) is 0 Å². The number of rotatable bonds is 7. The summed E-state index contributed by atoms with van der Waals surface area (Å²) in [5.41, 5.74) is 4.37. The predicted molar refractivity (Wildman–Crippen MR) is 117 cm³/mol. The van der Waals surface area contributed by atoms with Crippen molar-refractivity contribution >= 4 is 17.1 Å². The highest BCUT2D eigenvalue weighted by Gasteiger charge is 2.16. The lowest BCUT2D eigenvalue weighted by molar-refractivity contribution is 0.0950. The highest BCUT2D eigenvalue weighted by Crippen LogP contribution is 2.28. The monoisotopic (exact) mass is 417 g/mol. The summed E-state index contributed by atoms with van der Waals surface area (Å²) in [6.07, 6.45) is 1.69. The summed E-state index contributed by atoms with van der Waals surface area (Å²) in [5.74, 6) is 1.14. The van der Waals surface area contributed by atoms with Crippen LogP contribution in [0, 0.1) is 6.92 Å². The quantitative estimate of drug-likeness (QED) is 0.495. The van der Waals surface area contributed by atoms with Gasteiger partial charge >= 0.3 is 0 Å². The average Bonchev–Trinajstić information content (AvgIpc) is 3.22. The number of pyridine rings is 1. The summed E-state index contributed by atoms with van der Waals surface area (Å²) in [5, 5.41) is 11.3. The van der Waals surface area contributed by atoms with Gasteiger partial charge in [-0.25, -0.2) is 4.98 Å². The third-order valence-corrected chi connectivity index (χ3v) is 4.97. The van der Waals surface area contributed by atoms with Crippen LogP contribution in [0.25, 0.3) is 16.9 Å². The van der Waals surface area contributed by atoms with E-state index in [1.165, 1.54) is 0 Å². The zero-order valence-corrected chi connectivity index (χ0v) is 17.6. The van der Waals surface area contributed by atoms with E-state index in [0.29, 0.717) is 41.4 Å². The first kappa shape index (κ1) is 20.3. The summed E-state index contributed by atoms with van der Waals surface area (Å²) in [6.45, 7) is 4.72. The molecule has 1 amide bonds. The Morgan fingerprint density at radius 1 is 1.13 bits per heavy atom. The lowest BCUT2D eigenvalue weighted by Gasteiger charge is -2.13. The molecule has 4 rings (SSSR count). The first-order valence-corrected chi connectivity index (χ1v) is 9.96. The molecular weight excluding hydrogens is 394 g/mol. The molecule has 0 atom stereocenters. The maximum atomic E-state index is 12.9. The van der Waals surface area contributed by atoms with Crippen LogP contribution in [-0.2, 0) is 6.54 Å². The van der Waals surface area contributed by atoms with Crippen molar-refractivity contribution in [3.8, 4) is 17.2 Å². The molecule has 31 heavy (non-hydrogen) atoms. The Balaban J connectivity index is 1.55. The van der Waals surface area contributed by atoms with E-state index in [-0.39, 0.29) is 5.91 Å². The molecule has 4 aromatic rings. The van der Waals surface area contributed by atoms with Crippen LogP contribution < -0.4 is 14.8 Å². The first-order valence-electron chi connectivity index (χ1n) is 9.96. The van der Waals surface area contributed by atoms with Gasteiger partial charge in [-0.3, -0.25) is 4.79 Å². The van der Waals surface area contributed by atoms with Crippen molar-refractivity contribution in [2.24, 2.45) is 0 Å². The highest BCUT2D eigenvalue weighted by atomic mass is 16.5. The molecule has 0 aliphatic carbocycles. The van der Waals surface area contributed by atoms with E-state index in [0.717, 1.165) is 16.8 Å². The second-order valence-corrected chi connectivity index (χ2v) is 6.90. The Bertz CT molecular complexity index is 1240. The number of benzene rings is 2. The molecule has 2 heterocycles. The zero-order valence-electron chi connectivity index (χ0n) is 17.6. The van der Waals surface area contributed by atoms with Gasteiger partial charge in [0.15, 0.2) is 17.1 Å². The molecule has 0 saturated carbocycles. The molecule has 0 saturated heterocycles. The van der Waals surface area contributed by atoms with Crippen LogP contribution >= 0.6 is 0 Å². The fourth-order valence-electron chi connectivity index (χ4n) is 3.40. The van der Waals surface area contributed by atoms with Gasteiger partial charge in [0.25, 0.3) is 5.91 Å². The Hall–Kier alpha value is -3.94. The number of nitrogens with one attached hydrogen (secondary N) is 1. The SMILES string of the molecule is CCOc1ccc(CNC(=O)c2cccc(-n3nnc4cccnc43)c2C)cc1OC. The van der Waals surface area contributed by atoms with E-state index in [1.807, 2.05) is 56.3 Å². The zero-order chi connectivity index (χ0) is 21.8. The van der Waals surface area contributed by atoms with E-state index in [2.05, 4.69) is 20.6 Å². The minimum absolute atomic E-state index is 0.176. The van der Waals surface area contributed by atoms with Gasteiger partial charge in [0.05, 0.1) is 19.4 Å². The maximum absolute atomic E-state index is 12.9. The van der Waals surface area contributed by atoms with Crippen molar-refractivity contribution in [2.75, 3.05) is 13.7 Å². The standard InChI is InChI=1S/C23H23N5O3/c1-4-31-20-11-10-16(13-21(20)30-3)14-25-23(29)17-7-5-9-19(15(17)2)28-22-18(26-27-28)8-6-12-24-22/h5-13H,4,14H2,1-3H3,(H,25,29). The van der Waals surface area contributed by atoms with Crippen molar-refractivity contribution in [3.05, 3.63) is 71.4 Å². The van der Waals surface area contributed by atoms with Gasteiger partial charge in [0, 0.05) is 18.3 Å². The smallest absolute Gasteiger partial charge is 0.251 e. The lowest BCUT2D eigenvalue weighted by Crippen LogP contribution is -2.24. The van der Waals surface area contributed by atoms with E-state index < -0.39 is 0 Å². The topological polar surface area (TPSA) is 91.2 Å². The molecule has 0 radical (unpaired) electrons. The summed E-state index contributed by atoms with van der Waals surface area (Å²) in [7, 11) is 1.60. The molecule has 8 heteroatoms. The second-order valence-electron chi connectivity index (χ2n) is 6.90. The first-order chi connectivity index (χ1) is 15.1. The lowest BCUT2D eigenvalue weighted by atomic mass is 10.1. The van der Waals surface area contributed by atoms with Crippen molar-refractivity contribution in [2.45, 2.75) is 20.4 Å². The number of methoxy groups -OCH3 is 1. The summed E-state index contributed by atoms with van der Waals surface area (Å²) < 4.78 is 12.6. The van der Waals surface area contributed by atoms with Gasteiger partial charge in [0.2, 0.25) is 0 Å². The summed E-state index contributed by atoms with van der Waals surface area (Å²) in [6, 6.07) is 14.8. The van der Waals surface area contributed by atoms with Gasteiger partial charge in [-0.2, -0.15) is 4.68 Å². The number of nitrogens with zero attached hydrogens (tertiary/aromatic N) is 4. The van der Waals surface area contributed by atoms with Crippen LogP contribution in [0.15, 0.2) is 54.7 Å². The second kappa shape index (κ2) is 8.83. The van der Waals surface area contributed by atoms with Gasteiger partial charge < -0.3 is 14.8 Å². The highest BCUT2D eigenvalue weighted by molar-refractivity contribution is 5.96. The van der Waals surface area contributed by atoms with Crippen LogP contribution in [0.4, 0.5) is 0 Å². The van der Waals surface area contributed by atoms with Crippen LogP contribution in [-0.4, -0.2) is 39.6 Å². The molecule has 2 aromatic heterocycles. The fraction of sp³-hybridized carbons (Fsp3) is 0.217. The summed E-state index contributed by atoms with van der Waals surface area (Å²) in [4.78, 5) is 17.3. The average molecular weight is 417 g/mol. The van der Waals surface area contributed by atoms with E-state index in [1.54, 1.807) is 24.1 Å². The van der Waals surface area contributed by atoms with Crippen molar-refractivity contribution in [1.82, 2.24) is 25.3 Å². The Labute approximate surface area is 179 Å². The normalized spacial score (nSPS) is 10.8. The van der Waals surface area contributed by atoms with Crippen LogP contribution in [0.2, 0.25) is 0 Å². The van der Waals surface area contributed by atoms with E-state index in [4.69, 9.17) is 9.47 Å². The third kappa shape index (κ3) is 4.05. The molecule has 0 spiro atoms. The number of amides is 1. The molecule has 0 aliphatic rings. The van der Waals surface area contributed by atoms with Gasteiger partial charge in [-0.1, -0.05) is 17.3 Å². The molecule has 1 N–H and O–H groups in total. The molecule has 0 fully saturated rings. The minimum atomic E-state index is -0.176. The molecule has 0 aliphatic heterocycles. The molecule has 0 bridgehead atoms. The van der Waals surface area contributed by atoms with E-state index in [9.17, 15) is 4.79 Å². The van der Waals surface area contributed by atoms with Crippen molar-refractivity contribution in [3.63, 3.8) is 0 Å². The van der Waals surface area contributed by atoms with Crippen LogP contribution in [0.1, 0.15) is 28.4 Å². The molecule has 0 unspecified atom stereocenters. The molecular formula is C23H23N5O3. The molecule has 158 valence electrons. The number of hydrogen-bond acceptors (Lipinski definition) is 6. The number of carbonyl (C=O) groups is 1. The predicted octanol–water partition coefficient (Wildman–Crippen LogP) is 3.46. The third-order valence-electron chi connectivity index (χ3n) is 4.97. The van der Waals surface area contributed by atoms with E-state index >= 15 is 0 Å². The Morgan fingerprint density at radius 3 is 2.81 bits per heavy atom. The van der Waals surface area contributed by atoms with Gasteiger partial charge in [-0.15, -0.1) is 5.10 Å². The number of ether oxygens (including phenoxy) is 2. The minimum Gasteiger partial charge on any atom is -0.493 e. The number of fused-ring (bicyclic) bond motifs is 1. The maximum Gasteiger partial charge on any atom is 0.251 e. The molecule has 2 aromatic carbocycles. The Kier molecular flexibility index (Phi) is 5.79. The van der Waals surface area contributed by atoms with Gasteiger partial charge in [0.1, 0.15) is 5.52 Å². The number of carbonyl (C=O) groups excluding carboxylic acids is 1. The summed E-state index contributed by atoms with van der Waals surface area (Å²) >= 11 is 0.